The van der Waals surface area contributed by atoms with Crippen molar-refractivity contribution in [2.75, 3.05) is 4.90 Å². The first-order valence-corrected chi connectivity index (χ1v) is 14.5. The van der Waals surface area contributed by atoms with Crippen molar-refractivity contribution >= 4 is 45.8 Å². The van der Waals surface area contributed by atoms with Crippen LogP contribution in [-0.2, 0) is 0 Å². The van der Waals surface area contributed by atoms with Gasteiger partial charge in [0.15, 0.2) is 0 Å². The number of nitrogens with zero attached hydrogens (tertiary/aromatic N) is 4. The fourth-order valence-electron chi connectivity index (χ4n) is 6.05. The summed E-state index contributed by atoms with van der Waals surface area (Å²) in [4.78, 5) is 6.91. The zero-order chi connectivity index (χ0) is 29.6. The van der Waals surface area contributed by atoms with Crippen molar-refractivity contribution in [3.63, 3.8) is 0 Å². The Morgan fingerprint density at radius 2 is 1.76 bits per heavy atom. The first-order valence-electron chi connectivity index (χ1n) is 14.5. The normalized spacial score (nSPS) is 17.3. The summed E-state index contributed by atoms with van der Waals surface area (Å²) < 4.78 is 2.21. The standard InChI is InChI=1S/C40H25N4.K/c1-27-16-20-36-34(24-27)40-38(15-9-23-42-40)43(36)32-13-8-11-29(17-19-32)30-18-21-35(28(2)25-30)44-33-12-5-3-4-10-31(26-33)39-37(44)14-6-7-22-41-39;/h3-4,7-8,10-12,14-25H,1-2H3;/q-1;+1/b10-4-;. The third kappa shape index (κ3) is 5.17. The molecule has 0 amide bonds. The molecule has 0 unspecified atom stereocenters. The molecular formula is C40H25KN4. The van der Waals surface area contributed by atoms with Gasteiger partial charge in [-0.1, -0.05) is 47.4 Å². The second-order valence-electron chi connectivity index (χ2n) is 10.9. The molecule has 0 N–H and O–H groups in total. The number of aliphatic imine (C=N–C) groups is 1. The van der Waals surface area contributed by atoms with Crippen LogP contribution in [0.25, 0.3) is 33.6 Å². The van der Waals surface area contributed by atoms with E-state index in [1.54, 1.807) is 12.4 Å². The Morgan fingerprint density at radius 3 is 2.67 bits per heavy atom. The summed E-state index contributed by atoms with van der Waals surface area (Å²) in [5, 5.41) is 5.79. The van der Waals surface area contributed by atoms with E-state index >= 15 is 0 Å². The predicted molar refractivity (Wildman–Crippen MR) is 181 cm³/mol. The van der Waals surface area contributed by atoms with Crippen molar-refractivity contribution in [2.45, 2.75) is 13.8 Å². The van der Waals surface area contributed by atoms with Crippen molar-refractivity contribution in [1.29, 1.82) is 0 Å². The Bertz CT molecular complexity index is 2340. The molecule has 0 fully saturated rings. The zero-order valence-corrected chi connectivity index (χ0v) is 28.4. The van der Waals surface area contributed by atoms with Crippen molar-refractivity contribution in [1.82, 2.24) is 4.57 Å². The Kier molecular flexibility index (Phi) is 7.84. The molecule has 4 heterocycles. The van der Waals surface area contributed by atoms with Crippen LogP contribution in [0.2, 0.25) is 0 Å². The Morgan fingerprint density at radius 1 is 0.844 bits per heavy atom. The molecule has 0 atom stereocenters. The molecule has 3 aliphatic heterocycles. The van der Waals surface area contributed by atoms with E-state index in [1.807, 2.05) is 48.6 Å². The van der Waals surface area contributed by atoms with Crippen LogP contribution >= 0.6 is 0 Å². The van der Waals surface area contributed by atoms with Gasteiger partial charge in [0.1, 0.15) is 5.70 Å². The van der Waals surface area contributed by atoms with Crippen LogP contribution in [0.5, 0.6) is 0 Å². The van der Waals surface area contributed by atoms with Crippen LogP contribution < -0.4 is 56.3 Å². The van der Waals surface area contributed by atoms with Crippen LogP contribution in [0, 0.1) is 13.8 Å². The number of anilines is 1. The SMILES string of the molecule is Cc1ccc2c(c1)c1c(n2C2=C=CC=C(c3ccc(N4C5=C=C(/C=C\C=C=C5)C5=C4C=C=CC=N5)c(C)c3)C=C2)C=C=C[N-]1.[K+]. The molecule has 2 bridgehead atoms. The number of rotatable bonds is 3. The number of aromatic nitrogens is 1. The third-order valence-corrected chi connectivity index (χ3v) is 8.06. The maximum absolute atomic E-state index is 4.73. The van der Waals surface area contributed by atoms with Gasteiger partial charge in [-0.25, -0.2) is 0 Å². The monoisotopic (exact) mass is 600 g/mol. The second-order valence-corrected chi connectivity index (χ2v) is 10.9. The van der Waals surface area contributed by atoms with Gasteiger partial charge in [0.25, 0.3) is 0 Å². The van der Waals surface area contributed by atoms with E-state index in [4.69, 9.17) is 4.99 Å². The van der Waals surface area contributed by atoms with Gasteiger partial charge in [-0.05, 0) is 90.6 Å². The molecule has 5 heteroatoms. The molecule has 3 aromatic rings. The largest absolute Gasteiger partial charge is 1.00 e. The van der Waals surface area contributed by atoms with Gasteiger partial charge in [0.05, 0.1) is 22.6 Å². The van der Waals surface area contributed by atoms with Crippen LogP contribution in [0.1, 0.15) is 22.4 Å². The van der Waals surface area contributed by atoms with Gasteiger partial charge in [-0.3, -0.25) is 4.99 Å². The first-order chi connectivity index (χ1) is 21.7. The molecule has 0 spiro atoms. The van der Waals surface area contributed by atoms with Crippen LogP contribution in [0.15, 0.2) is 160 Å². The predicted octanol–water partition coefficient (Wildman–Crippen LogP) is 6.57. The van der Waals surface area contributed by atoms with Crippen LogP contribution in [-0.4, -0.2) is 10.8 Å². The number of aryl methyl sites for hydroxylation is 2. The van der Waals surface area contributed by atoms with Gasteiger partial charge in [0, 0.05) is 41.4 Å². The molecule has 8 rings (SSSR count). The van der Waals surface area contributed by atoms with Crippen LogP contribution in [0.4, 0.5) is 11.4 Å². The summed E-state index contributed by atoms with van der Waals surface area (Å²) in [6.07, 6.45) is 25.6. The molecule has 0 saturated heterocycles. The number of hydrogen-bond donors (Lipinski definition) is 0. The molecule has 4 nitrogen and oxygen atoms in total. The average molecular weight is 601 g/mol. The van der Waals surface area contributed by atoms with E-state index in [2.05, 4.69) is 112 Å². The minimum atomic E-state index is 0. The second kappa shape index (κ2) is 12.1. The average Bonchev–Trinajstić information content (AvgIpc) is 3.22. The van der Waals surface area contributed by atoms with Gasteiger partial charge in [-0.15, -0.1) is 29.1 Å². The van der Waals surface area contributed by atoms with Gasteiger partial charge >= 0.3 is 51.4 Å². The number of benzene rings is 2. The minimum absolute atomic E-state index is 0. The molecule has 0 saturated carbocycles. The minimum Gasteiger partial charge on any atom is -0.655 e. The number of allylic oxidation sites excluding steroid dienone is 8. The summed E-state index contributed by atoms with van der Waals surface area (Å²) in [5.41, 5.74) is 30.0. The first kappa shape index (κ1) is 29.2. The quantitative estimate of drug-likeness (QED) is 0.247. The maximum atomic E-state index is 4.73. The molecule has 5 aliphatic rings. The summed E-state index contributed by atoms with van der Waals surface area (Å²) in [6, 6.07) is 13.1. The molecule has 1 aromatic heterocycles. The third-order valence-electron chi connectivity index (χ3n) is 8.06. The summed E-state index contributed by atoms with van der Waals surface area (Å²) in [6.45, 7) is 4.25. The molecule has 45 heavy (non-hydrogen) atoms. The fraction of sp³-hybridized carbons (Fsp3) is 0.0500. The van der Waals surface area contributed by atoms with E-state index < -0.39 is 0 Å². The Labute approximate surface area is 305 Å². The van der Waals surface area contributed by atoms with Crippen LogP contribution in [0.3, 0.4) is 0 Å². The molecule has 206 valence electrons. The Hall–Kier alpha value is -4.55. The van der Waals surface area contributed by atoms with Gasteiger partial charge in [0.2, 0.25) is 0 Å². The Balaban J connectivity index is 0.00000325. The molecular weight excluding hydrogens is 576 g/mol. The van der Waals surface area contributed by atoms with E-state index in [0.717, 1.165) is 73.0 Å². The van der Waals surface area contributed by atoms with E-state index in [0.29, 0.717) is 0 Å². The van der Waals surface area contributed by atoms with Crippen molar-refractivity contribution in [3.8, 4) is 0 Å². The smallest absolute Gasteiger partial charge is 0.655 e. The van der Waals surface area contributed by atoms with Gasteiger partial charge in [-0.2, -0.15) is 0 Å². The number of hydrogen-bond acceptors (Lipinski definition) is 2. The number of fused-ring (bicyclic) bond motifs is 4. The van der Waals surface area contributed by atoms with E-state index in [1.165, 1.54) is 5.56 Å². The summed E-state index contributed by atoms with van der Waals surface area (Å²) in [5.74, 6) is 0. The van der Waals surface area contributed by atoms with Crippen molar-refractivity contribution < 1.29 is 51.4 Å². The molecule has 2 aromatic carbocycles. The maximum Gasteiger partial charge on any atom is 1.00 e. The van der Waals surface area contributed by atoms with Crippen molar-refractivity contribution in [3.05, 3.63) is 182 Å². The summed E-state index contributed by atoms with van der Waals surface area (Å²) in [7, 11) is 0. The fourth-order valence-corrected chi connectivity index (χ4v) is 6.05. The zero-order valence-electron chi connectivity index (χ0n) is 25.3. The van der Waals surface area contributed by atoms with Crippen molar-refractivity contribution in [2.24, 2.45) is 4.99 Å². The van der Waals surface area contributed by atoms with E-state index in [9.17, 15) is 0 Å². The molecule has 2 aliphatic carbocycles. The van der Waals surface area contributed by atoms with E-state index in [-0.39, 0.29) is 51.4 Å². The van der Waals surface area contributed by atoms with Gasteiger partial charge < -0.3 is 14.8 Å². The topological polar surface area (TPSA) is 34.6 Å². The molecule has 0 radical (unpaired) electrons. The summed E-state index contributed by atoms with van der Waals surface area (Å²) >= 11 is 0.